The predicted octanol–water partition coefficient (Wildman–Crippen LogP) is 2.26. The molecule has 0 spiro atoms. The summed E-state index contributed by atoms with van der Waals surface area (Å²) in [6.45, 7) is 7.51. The summed E-state index contributed by atoms with van der Waals surface area (Å²) in [5, 5.41) is 0. The maximum atomic E-state index is 5.49. The molecule has 100 valence electrons. The fraction of sp³-hybridized carbons (Fsp3) is 0.692. The molecule has 0 amide bonds. The summed E-state index contributed by atoms with van der Waals surface area (Å²) >= 11 is 0. The van der Waals surface area contributed by atoms with Crippen LogP contribution in [-0.2, 0) is 0 Å². The highest BCUT2D eigenvalue weighted by Gasteiger charge is 2.25. The minimum absolute atomic E-state index is 0.305. The van der Waals surface area contributed by atoms with Gasteiger partial charge in [0, 0.05) is 24.6 Å². The highest BCUT2D eigenvalue weighted by Crippen LogP contribution is 2.28. The van der Waals surface area contributed by atoms with Crippen molar-refractivity contribution in [2.24, 2.45) is 5.84 Å². The Kier molecular flexibility index (Phi) is 4.01. The van der Waals surface area contributed by atoms with Crippen LogP contribution in [0.25, 0.3) is 0 Å². The zero-order valence-electron chi connectivity index (χ0n) is 11.5. The summed E-state index contributed by atoms with van der Waals surface area (Å²) < 4.78 is 0. The lowest BCUT2D eigenvalue weighted by Crippen LogP contribution is -2.30. The minimum atomic E-state index is 0.305. The first-order valence-electron chi connectivity index (χ1n) is 6.78. The molecular formula is C13H23N5. The van der Waals surface area contributed by atoms with Gasteiger partial charge in [0.15, 0.2) is 0 Å². The summed E-state index contributed by atoms with van der Waals surface area (Å²) in [5.74, 6) is 8.35. The molecule has 1 aromatic rings. The maximum Gasteiger partial charge on any atom is 0.145 e. The van der Waals surface area contributed by atoms with E-state index in [0.29, 0.717) is 17.8 Å². The molecule has 3 N–H and O–H groups in total. The Labute approximate surface area is 109 Å². The highest BCUT2D eigenvalue weighted by atomic mass is 15.3. The van der Waals surface area contributed by atoms with Crippen molar-refractivity contribution in [2.45, 2.75) is 52.0 Å². The highest BCUT2D eigenvalue weighted by molar-refractivity contribution is 5.50. The lowest BCUT2D eigenvalue weighted by atomic mass is 10.1. The second kappa shape index (κ2) is 5.52. The molecule has 1 aromatic heterocycles. The molecule has 0 radical (unpaired) electrons. The number of hydrogen-bond acceptors (Lipinski definition) is 5. The van der Waals surface area contributed by atoms with E-state index in [1.807, 2.05) is 6.07 Å². The largest absolute Gasteiger partial charge is 0.353 e. The number of nitrogens with zero attached hydrogens (tertiary/aromatic N) is 3. The van der Waals surface area contributed by atoms with E-state index in [1.165, 1.54) is 12.8 Å². The summed E-state index contributed by atoms with van der Waals surface area (Å²) in [5.41, 5.74) is 2.64. The molecule has 0 aliphatic carbocycles. The zero-order chi connectivity index (χ0) is 13.1. The van der Waals surface area contributed by atoms with Gasteiger partial charge in [-0.2, -0.15) is 0 Å². The van der Waals surface area contributed by atoms with Crippen molar-refractivity contribution in [3.8, 4) is 0 Å². The molecular weight excluding hydrogens is 226 g/mol. The third-order valence-corrected chi connectivity index (χ3v) is 3.54. The molecule has 5 heteroatoms. The second-order valence-electron chi connectivity index (χ2n) is 5.17. The van der Waals surface area contributed by atoms with Gasteiger partial charge in [-0.25, -0.2) is 15.8 Å². The van der Waals surface area contributed by atoms with E-state index in [9.17, 15) is 0 Å². The van der Waals surface area contributed by atoms with Gasteiger partial charge in [0.25, 0.3) is 0 Å². The molecule has 1 saturated heterocycles. The summed E-state index contributed by atoms with van der Waals surface area (Å²) in [7, 11) is 0. The molecule has 1 unspecified atom stereocenters. The molecule has 1 atom stereocenters. The first-order valence-corrected chi connectivity index (χ1v) is 6.78. The average Bonchev–Trinajstić information content (AvgIpc) is 2.86. The van der Waals surface area contributed by atoms with Crippen molar-refractivity contribution >= 4 is 11.6 Å². The number of aromatic nitrogens is 2. The van der Waals surface area contributed by atoms with Crippen molar-refractivity contribution in [2.75, 3.05) is 16.9 Å². The Hall–Kier alpha value is -1.36. The fourth-order valence-corrected chi connectivity index (χ4v) is 2.49. The van der Waals surface area contributed by atoms with Gasteiger partial charge < -0.3 is 10.3 Å². The number of hydrazine groups is 1. The lowest BCUT2D eigenvalue weighted by Gasteiger charge is -2.25. The third kappa shape index (κ3) is 2.56. The van der Waals surface area contributed by atoms with E-state index in [4.69, 9.17) is 5.84 Å². The van der Waals surface area contributed by atoms with Gasteiger partial charge in [-0.1, -0.05) is 20.8 Å². The first-order chi connectivity index (χ1) is 8.65. The van der Waals surface area contributed by atoms with Crippen LogP contribution in [0.1, 0.15) is 51.8 Å². The van der Waals surface area contributed by atoms with Crippen LogP contribution >= 0.6 is 0 Å². The number of nitrogens with two attached hydrogens (primary N) is 1. The number of anilines is 2. The monoisotopic (exact) mass is 249 g/mol. The van der Waals surface area contributed by atoms with Crippen molar-refractivity contribution < 1.29 is 0 Å². The predicted molar refractivity (Wildman–Crippen MR) is 74.6 cm³/mol. The van der Waals surface area contributed by atoms with Crippen LogP contribution in [0.4, 0.5) is 11.6 Å². The zero-order valence-corrected chi connectivity index (χ0v) is 11.5. The Morgan fingerprint density at radius 3 is 2.89 bits per heavy atom. The number of rotatable bonds is 4. The lowest BCUT2D eigenvalue weighted by molar-refractivity contribution is 0.636. The standard InChI is InChI=1S/C13H23N5/c1-4-10-6-5-7-18(10)12-8-11(17-14)15-13(16-12)9(2)3/h8-10H,4-7,14H2,1-3H3,(H,15,16,17). The van der Waals surface area contributed by atoms with Gasteiger partial charge >= 0.3 is 0 Å². The van der Waals surface area contributed by atoms with E-state index in [-0.39, 0.29) is 0 Å². The molecule has 2 rings (SSSR count). The van der Waals surface area contributed by atoms with Crippen LogP contribution in [0.2, 0.25) is 0 Å². The van der Waals surface area contributed by atoms with Crippen LogP contribution in [0.3, 0.4) is 0 Å². The van der Waals surface area contributed by atoms with E-state index < -0.39 is 0 Å². The van der Waals surface area contributed by atoms with Gasteiger partial charge in [0.1, 0.15) is 17.5 Å². The van der Waals surface area contributed by atoms with Gasteiger partial charge in [-0.3, -0.25) is 0 Å². The molecule has 2 heterocycles. The Morgan fingerprint density at radius 2 is 2.28 bits per heavy atom. The summed E-state index contributed by atoms with van der Waals surface area (Å²) in [6.07, 6.45) is 3.65. The molecule has 1 aliphatic heterocycles. The van der Waals surface area contributed by atoms with Crippen LogP contribution < -0.4 is 16.2 Å². The minimum Gasteiger partial charge on any atom is -0.353 e. The molecule has 1 aliphatic rings. The van der Waals surface area contributed by atoms with Gasteiger partial charge in [-0.15, -0.1) is 0 Å². The molecule has 0 aromatic carbocycles. The Bertz CT molecular complexity index is 404. The van der Waals surface area contributed by atoms with Gasteiger partial charge in [0.05, 0.1) is 0 Å². The smallest absolute Gasteiger partial charge is 0.145 e. The van der Waals surface area contributed by atoms with Crippen molar-refractivity contribution in [1.82, 2.24) is 9.97 Å². The molecule has 0 saturated carbocycles. The van der Waals surface area contributed by atoms with Gasteiger partial charge in [0.2, 0.25) is 0 Å². The quantitative estimate of drug-likeness (QED) is 0.633. The number of hydrogen-bond donors (Lipinski definition) is 2. The summed E-state index contributed by atoms with van der Waals surface area (Å²) in [4.78, 5) is 11.5. The van der Waals surface area contributed by atoms with Gasteiger partial charge in [-0.05, 0) is 19.3 Å². The molecule has 0 bridgehead atoms. The number of nitrogen functional groups attached to an aromatic ring is 1. The summed E-state index contributed by atoms with van der Waals surface area (Å²) in [6, 6.07) is 2.55. The Morgan fingerprint density at radius 1 is 1.50 bits per heavy atom. The first kappa shape index (κ1) is 13.1. The van der Waals surface area contributed by atoms with E-state index in [0.717, 1.165) is 24.6 Å². The van der Waals surface area contributed by atoms with Crippen LogP contribution in [-0.4, -0.2) is 22.6 Å². The maximum absolute atomic E-state index is 5.49. The normalized spacial score (nSPS) is 19.6. The van der Waals surface area contributed by atoms with Crippen LogP contribution in [0.5, 0.6) is 0 Å². The van der Waals surface area contributed by atoms with Crippen LogP contribution in [0, 0.1) is 0 Å². The topological polar surface area (TPSA) is 67.1 Å². The molecule has 18 heavy (non-hydrogen) atoms. The third-order valence-electron chi connectivity index (χ3n) is 3.54. The molecule has 5 nitrogen and oxygen atoms in total. The fourth-order valence-electron chi connectivity index (χ4n) is 2.49. The van der Waals surface area contributed by atoms with E-state index in [2.05, 4.69) is 41.1 Å². The molecule has 1 fully saturated rings. The van der Waals surface area contributed by atoms with E-state index in [1.54, 1.807) is 0 Å². The van der Waals surface area contributed by atoms with Crippen molar-refractivity contribution in [1.29, 1.82) is 0 Å². The average molecular weight is 249 g/mol. The van der Waals surface area contributed by atoms with E-state index >= 15 is 0 Å². The van der Waals surface area contributed by atoms with Crippen LogP contribution in [0.15, 0.2) is 6.07 Å². The SMILES string of the molecule is CCC1CCCN1c1cc(NN)nc(C(C)C)n1. The second-order valence-corrected chi connectivity index (χ2v) is 5.17. The Balaban J connectivity index is 2.34. The number of nitrogens with one attached hydrogen (secondary N) is 1. The van der Waals surface area contributed by atoms with Crippen molar-refractivity contribution in [3.05, 3.63) is 11.9 Å². The van der Waals surface area contributed by atoms with Crippen molar-refractivity contribution in [3.63, 3.8) is 0 Å².